The molecule has 0 atom stereocenters. The van der Waals surface area contributed by atoms with Gasteiger partial charge in [-0.2, -0.15) is 0 Å². The fourth-order valence-electron chi connectivity index (χ4n) is 2.60. The average molecular weight is 303 g/mol. The van der Waals surface area contributed by atoms with Gasteiger partial charge in [0.05, 0.1) is 24.4 Å². The van der Waals surface area contributed by atoms with Crippen molar-refractivity contribution >= 4 is 5.65 Å². The first-order chi connectivity index (χ1) is 11.3. The summed E-state index contributed by atoms with van der Waals surface area (Å²) in [5, 5.41) is 3.23. The lowest BCUT2D eigenvalue weighted by atomic mass is 10.1. The monoisotopic (exact) mass is 303 g/mol. The van der Waals surface area contributed by atoms with Crippen molar-refractivity contribution in [2.24, 2.45) is 0 Å². The second-order valence-corrected chi connectivity index (χ2v) is 5.19. The molecule has 4 aromatic rings. The second kappa shape index (κ2) is 5.53. The van der Waals surface area contributed by atoms with E-state index in [0.29, 0.717) is 0 Å². The maximum Gasteiger partial charge on any atom is 0.355 e. The summed E-state index contributed by atoms with van der Waals surface area (Å²) < 4.78 is 7.12. The summed E-state index contributed by atoms with van der Waals surface area (Å²) in [7, 11) is 1.66. The van der Waals surface area contributed by atoms with E-state index in [1.54, 1.807) is 19.5 Å². The Bertz CT molecular complexity index is 946. The van der Waals surface area contributed by atoms with E-state index in [-0.39, 0.29) is 0 Å². The minimum atomic E-state index is 0.843. The predicted molar refractivity (Wildman–Crippen MR) is 87.0 cm³/mol. The highest BCUT2D eigenvalue weighted by Crippen LogP contribution is 2.23. The van der Waals surface area contributed by atoms with Crippen molar-refractivity contribution in [2.45, 2.75) is 0 Å². The van der Waals surface area contributed by atoms with Crippen molar-refractivity contribution in [3.63, 3.8) is 0 Å². The van der Waals surface area contributed by atoms with E-state index in [2.05, 4.69) is 15.1 Å². The molecule has 1 aromatic carbocycles. The van der Waals surface area contributed by atoms with Gasteiger partial charge in [0.25, 0.3) is 0 Å². The molecule has 0 unspecified atom stereocenters. The normalized spacial score (nSPS) is 10.8. The molecule has 0 aliphatic rings. The molecule has 0 fully saturated rings. The summed E-state index contributed by atoms with van der Waals surface area (Å²) in [5.41, 5.74) is 5.15. The van der Waals surface area contributed by atoms with Crippen LogP contribution in [-0.2, 0) is 0 Å². The van der Waals surface area contributed by atoms with Crippen LogP contribution in [0.3, 0.4) is 0 Å². The Balaban J connectivity index is 1.77. The molecule has 3 aromatic heterocycles. The van der Waals surface area contributed by atoms with Crippen LogP contribution in [0.2, 0.25) is 0 Å². The SMILES string of the molecule is COc1ccc(-c2cnc3c(-c4ccncc4)c[nH][n+]3c2)cc1. The summed E-state index contributed by atoms with van der Waals surface area (Å²) in [5.74, 6) is 0.843. The van der Waals surface area contributed by atoms with E-state index in [4.69, 9.17) is 4.74 Å². The van der Waals surface area contributed by atoms with Gasteiger partial charge in [-0.1, -0.05) is 12.1 Å². The molecule has 23 heavy (non-hydrogen) atoms. The highest BCUT2D eigenvalue weighted by Gasteiger charge is 2.16. The maximum absolute atomic E-state index is 5.20. The number of hydrogen-bond acceptors (Lipinski definition) is 3. The van der Waals surface area contributed by atoms with Crippen molar-refractivity contribution in [3.8, 4) is 28.0 Å². The van der Waals surface area contributed by atoms with Crippen molar-refractivity contribution in [1.82, 2.24) is 15.1 Å². The molecule has 1 N–H and O–H groups in total. The van der Waals surface area contributed by atoms with E-state index in [0.717, 1.165) is 33.7 Å². The lowest BCUT2D eigenvalue weighted by molar-refractivity contribution is -0.578. The number of pyridine rings is 1. The van der Waals surface area contributed by atoms with E-state index in [9.17, 15) is 0 Å². The molecule has 0 amide bonds. The first kappa shape index (κ1) is 13.5. The molecule has 0 saturated heterocycles. The summed E-state index contributed by atoms with van der Waals surface area (Å²) >= 11 is 0. The van der Waals surface area contributed by atoms with Crippen LogP contribution in [0.25, 0.3) is 27.9 Å². The number of aromatic nitrogens is 4. The van der Waals surface area contributed by atoms with Crippen LogP contribution in [0.15, 0.2) is 67.4 Å². The third-order valence-electron chi connectivity index (χ3n) is 3.83. The van der Waals surface area contributed by atoms with Crippen molar-refractivity contribution in [1.29, 1.82) is 0 Å². The molecule has 0 radical (unpaired) electrons. The lowest BCUT2D eigenvalue weighted by Crippen LogP contribution is -2.23. The number of ether oxygens (including phenoxy) is 1. The quantitative estimate of drug-likeness (QED) is 0.592. The highest BCUT2D eigenvalue weighted by atomic mass is 16.5. The molecule has 3 heterocycles. The van der Waals surface area contributed by atoms with Crippen LogP contribution in [0, 0.1) is 0 Å². The van der Waals surface area contributed by atoms with Gasteiger partial charge in [-0.3, -0.25) is 4.98 Å². The van der Waals surface area contributed by atoms with Crippen molar-refractivity contribution < 1.29 is 9.25 Å². The number of H-pyrrole nitrogens is 1. The van der Waals surface area contributed by atoms with Gasteiger partial charge < -0.3 is 4.74 Å². The molecule has 0 saturated carbocycles. The average Bonchev–Trinajstić information content (AvgIpc) is 3.06. The number of methoxy groups -OCH3 is 1. The Labute approximate surface area is 133 Å². The zero-order valence-corrected chi connectivity index (χ0v) is 12.6. The molecule has 0 bridgehead atoms. The van der Waals surface area contributed by atoms with Crippen LogP contribution >= 0.6 is 0 Å². The van der Waals surface area contributed by atoms with Gasteiger partial charge in [0, 0.05) is 12.4 Å². The van der Waals surface area contributed by atoms with E-state index >= 15 is 0 Å². The number of nitrogens with one attached hydrogen (secondary N) is 1. The smallest absolute Gasteiger partial charge is 0.355 e. The summed E-state index contributed by atoms with van der Waals surface area (Å²) in [6, 6.07) is 11.9. The zero-order valence-electron chi connectivity index (χ0n) is 12.6. The summed E-state index contributed by atoms with van der Waals surface area (Å²) in [4.78, 5) is 8.67. The first-order valence-corrected chi connectivity index (χ1v) is 7.29. The summed E-state index contributed by atoms with van der Waals surface area (Å²) in [6.45, 7) is 0. The molecular weight excluding hydrogens is 288 g/mol. The zero-order chi connectivity index (χ0) is 15.6. The molecule has 0 aliphatic heterocycles. The Kier molecular flexibility index (Phi) is 3.24. The Morgan fingerprint density at radius 2 is 1.74 bits per heavy atom. The van der Waals surface area contributed by atoms with Crippen molar-refractivity contribution in [3.05, 3.63) is 67.4 Å². The largest absolute Gasteiger partial charge is 0.497 e. The second-order valence-electron chi connectivity index (χ2n) is 5.19. The number of hydrogen-bond donors (Lipinski definition) is 1. The minimum absolute atomic E-state index is 0.843. The summed E-state index contributed by atoms with van der Waals surface area (Å²) in [6.07, 6.45) is 9.44. The minimum Gasteiger partial charge on any atom is -0.497 e. The van der Waals surface area contributed by atoms with Crippen LogP contribution in [0.5, 0.6) is 5.75 Å². The van der Waals surface area contributed by atoms with Crippen LogP contribution in [0.1, 0.15) is 0 Å². The third kappa shape index (κ3) is 2.42. The fraction of sp³-hybridized carbons (Fsp3) is 0.0556. The number of fused-ring (bicyclic) bond motifs is 1. The molecule has 112 valence electrons. The van der Waals surface area contributed by atoms with Gasteiger partial charge in [0.2, 0.25) is 0 Å². The molecule has 0 spiro atoms. The van der Waals surface area contributed by atoms with Crippen LogP contribution < -0.4 is 9.25 Å². The molecular formula is C18H15N4O+. The number of rotatable bonds is 3. The number of nitrogens with zero attached hydrogens (tertiary/aromatic N) is 3. The molecule has 4 rings (SSSR count). The Hall–Kier alpha value is -3.21. The first-order valence-electron chi connectivity index (χ1n) is 7.29. The van der Waals surface area contributed by atoms with Crippen molar-refractivity contribution in [2.75, 3.05) is 7.11 Å². The highest BCUT2D eigenvalue weighted by molar-refractivity contribution is 5.74. The molecule has 0 aliphatic carbocycles. The predicted octanol–water partition coefficient (Wildman–Crippen LogP) is 2.89. The van der Waals surface area contributed by atoms with Gasteiger partial charge in [-0.15, -0.1) is 4.52 Å². The fourth-order valence-corrected chi connectivity index (χ4v) is 2.60. The van der Waals surface area contributed by atoms with E-state index in [1.807, 2.05) is 59.5 Å². The topological polar surface area (TPSA) is 54.9 Å². The van der Waals surface area contributed by atoms with Gasteiger partial charge in [0.15, 0.2) is 6.20 Å². The Morgan fingerprint density at radius 3 is 2.48 bits per heavy atom. The van der Waals surface area contributed by atoms with Gasteiger partial charge in [0.1, 0.15) is 11.9 Å². The third-order valence-corrected chi connectivity index (χ3v) is 3.83. The standard InChI is InChI=1S/C18H14N4O/c1-23-16-4-2-13(3-5-16)15-10-20-18-17(11-21-22(18)12-15)14-6-8-19-9-7-14/h2-12H,1H3/p+1. The van der Waals surface area contributed by atoms with Crippen LogP contribution in [-0.4, -0.2) is 22.2 Å². The Morgan fingerprint density at radius 1 is 0.957 bits per heavy atom. The van der Waals surface area contributed by atoms with E-state index < -0.39 is 0 Å². The van der Waals surface area contributed by atoms with Gasteiger partial charge in [-0.25, -0.2) is 5.10 Å². The number of benzene rings is 1. The van der Waals surface area contributed by atoms with Crippen LogP contribution in [0.4, 0.5) is 0 Å². The van der Waals surface area contributed by atoms with E-state index in [1.165, 1.54) is 0 Å². The van der Waals surface area contributed by atoms with Gasteiger partial charge in [-0.05, 0) is 40.4 Å². The number of aromatic amines is 1. The van der Waals surface area contributed by atoms with Gasteiger partial charge >= 0.3 is 5.65 Å². The lowest BCUT2D eigenvalue weighted by Gasteiger charge is -2.01. The maximum atomic E-state index is 5.20. The molecule has 5 nitrogen and oxygen atoms in total. The molecule has 5 heteroatoms.